The van der Waals surface area contributed by atoms with Crippen molar-refractivity contribution in [3.05, 3.63) is 109 Å². The number of hydrogen-bond donors (Lipinski definition) is 3. The van der Waals surface area contributed by atoms with E-state index in [4.69, 9.17) is 0 Å². The minimum Gasteiger partial charge on any atom is -0.394 e. The molecule has 318 valence electrons. The summed E-state index contributed by atoms with van der Waals surface area (Å²) in [6, 6.07) is -0.553. The molecule has 0 spiro atoms. The third-order valence-electron chi connectivity index (χ3n) is 9.80. The Morgan fingerprint density at radius 3 is 1.18 bits per heavy atom. The fraction of sp³-hybridized carbons (Fsp3) is 0.635. The molecule has 0 aliphatic rings. The first-order valence-corrected chi connectivity index (χ1v) is 23.1. The Kier molecular flexibility index (Phi) is 44.0. The lowest BCUT2D eigenvalue weighted by atomic mass is 10.0. The van der Waals surface area contributed by atoms with Gasteiger partial charge in [-0.1, -0.05) is 213 Å². The van der Waals surface area contributed by atoms with Crippen LogP contribution in [0.5, 0.6) is 0 Å². The molecule has 0 saturated heterocycles. The molecule has 0 rings (SSSR count). The highest BCUT2D eigenvalue weighted by Gasteiger charge is 2.19. The van der Waals surface area contributed by atoms with Crippen LogP contribution in [0.2, 0.25) is 0 Å². The second-order valence-electron chi connectivity index (χ2n) is 15.1. The number of hydrogen-bond acceptors (Lipinski definition) is 3. The maximum Gasteiger partial charge on any atom is 0.220 e. The number of nitrogens with one attached hydrogen (secondary N) is 1. The number of amides is 1. The highest BCUT2D eigenvalue weighted by molar-refractivity contribution is 5.76. The average Bonchev–Trinajstić information content (AvgIpc) is 3.20. The number of carbonyl (C=O) groups excluding carboxylic acids is 1. The van der Waals surface area contributed by atoms with Crippen LogP contribution >= 0.6 is 0 Å². The van der Waals surface area contributed by atoms with E-state index in [9.17, 15) is 15.0 Å². The van der Waals surface area contributed by atoms with Gasteiger partial charge in [0.25, 0.3) is 0 Å². The fourth-order valence-electron chi connectivity index (χ4n) is 6.29. The number of allylic oxidation sites excluding steroid dienone is 18. The second-order valence-corrected chi connectivity index (χ2v) is 15.1. The minimum absolute atomic E-state index is 0.0570. The molecule has 0 saturated carbocycles. The Hall–Kier alpha value is -2.95. The molecule has 2 unspecified atom stereocenters. The Morgan fingerprint density at radius 2 is 0.786 bits per heavy atom. The molecular weight excluding hydrogens is 687 g/mol. The Bertz CT molecular complexity index is 1110. The third kappa shape index (κ3) is 42.2. The van der Waals surface area contributed by atoms with Gasteiger partial charge in [-0.05, 0) is 83.5 Å². The SMILES string of the molecule is CC/C=C\C/C=C\C/C=C\C/C=C\C/C=C\C/C=C\C/C=C\C/C=C\C/C=C\CCCCCCCC(=O)NC(CO)C(O)CCCCCCCCCCCCC. The first-order chi connectivity index (χ1) is 27.7. The lowest BCUT2D eigenvalue weighted by molar-refractivity contribution is -0.123. The van der Waals surface area contributed by atoms with Gasteiger partial charge in [-0.3, -0.25) is 4.79 Å². The summed E-state index contributed by atoms with van der Waals surface area (Å²) in [5.41, 5.74) is 0. The van der Waals surface area contributed by atoms with Gasteiger partial charge in [0.1, 0.15) is 0 Å². The number of rotatable bonds is 40. The van der Waals surface area contributed by atoms with Gasteiger partial charge in [0, 0.05) is 6.42 Å². The van der Waals surface area contributed by atoms with Crippen molar-refractivity contribution in [3.8, 4) is 0 Å². The summed E-state index contributed by atoms with van der Waals surface area (Å²) in [7, 11) is 0. The van der Waals surface area contributed by atoms with Crippen molar-refractivity contribution in [3.63, 3.8) is 0 Å². The van der Waals surface area contributed by atoms with Crippen LogP contribution in [0, 0.1) is 0 Å². The van der Waals surface area contributed by atoms with E-state index in [0.717, 1.165) is 96.3 Å². The zero-order chi connectivity index (χ0) is 40.7. The van der Waals surface area contributed by atoms with Crippen molar-refractivity contribution in [1.82, 2.24) is 5.32 Å². The monoisotopic (exact) mass is 774 g/mol. The summed E-state index contributed by atoms with van der Waals surface area (Å²) in [5.74, 6) is -0.0570. The van der Waals surface area contributed by atoms with E-state index in [2.05, 4.69) is 129 Å². The summed E-state index contributed by atoms with van der Waals surface area (Å²) >= 11 is 0. The molecule has 0 aliphatic heterocycles. The van der Waals surface area contributed by atoms with E-state index in [-0.39, 0.29) is 12.5 Å². The predicted octanol–water partition coefficient (Wildman–Crippen LogP) is 14.8. The van der Waals surface area contributed by atoms with Gasteiger partial charge >= 0.3 is 0 Å². The van der Waals surface area contributed by atoms with E-state index < -0.39 is 12.1 Å². The first-order valence-electron chi connectivity index (χ1n) is 23.1. The minimum atomic E-state index is -0.674. The average molecular weight is 774 g/mol. The van der Waals surface area contributed by atoms with Crippen LogP contribution in [-0.4, -0.2) is 34.9 Å². The normalized spacial score (nSPS) is 14.0. The Morgan fingerprint density at radius 1 is 0.446 bits per heavy atom. The lowest BCUT2D eigenvalue weighted by Crippen LogP contribution is -2.45. The molecule has 0 aromatic rings. The molecule has 0 fully saturated rings. The molecule has 0 bridgehead atoms. The molecule has 0 radical (unpaired) electrons. The van der Waals surface area contributed by atoms with Crippen molar-refractivity contribution in [2.24, 2.45) is 0 Å². The number of carbonyl (C=O) groups is 1. The van der Waals surface area contributed by atoms with E-state index in [1.807, 2.05) is 0 Å². The predicted molar refractivity (Wildman–Crippen MR) is 248 cm³/mol. The van der Waals surface area contributed by atoms with Gasteiger partial charge < -0.3 is 15.5 Å². The molecule has 56 heavy (non-hydrogen) atoms. The molecule has 0 aliphatic carbocycles. The molecule has 0 heterocycles. The van der Waals surface area contributed by atoms with Gasteiger partial charge in [-0.25, -0.2) is 0 Å². The highest BCUT2D eigenvalue weighted by atomic mass is 16.3. The maximum absolute atomic E-state index is 12.4. The quantitative estimate of drug-likeness (QED) is 0.0429. The van der Waals surface area contributed by atoms with Crippen LogP contribution in [0.25, 0.3) is 0 Å². The molecule has 2 atom stereocenters. The van der Waals surface area contributed by atoms with E-state index in [0.29, 0.717) is 12.8 Å². The standard InChI is InChI=1S/C52H87NO3/c1-3-5-7-9-11-13-15-16-17-18-19-20-21-22-23-24-25-26-27-28-29-30-31-32-33-34-35-36-38-40-42-44-46-48-52(56)53-50(49-54)51(55)47-45-43-41-39-37-14-12-10-8-6-4-2/h5,7,11,13,16-17,19-20,22-23,25-26,28-29,31-32,34-35,50-51,54-55H,3-4,6,8-10,12,14-15,18,21,24,27,30,33,36-49H2,1-2H3,(H,53,56)/b7-5-,13-11-,17-16-,20-19-,23-22-,26-25-,29-28-,32-31-,35-34-. The highest BCUT2D eigenvalue weighted by Crippen LogP contribution is 2.14. The smallest absolute Gasteiger partial charge is 0.220 e. The van der Waals surface area contributed by atoms with Crippen LogP contribution in [0.15, 0.2) is 109 Å². The van der Waals surface area contributed by atoms with Crippen LogP contribution in [0.3, 0.4) is 0 Å². The zero-order valence-corrected chi connectivity index (χ0v) is 36.4. The maximum atomic E-state index is 12.4. The third-order valence-corrected chi connectivity index (χ3v) is 9.80. The fourth-order valence-corrected chi connectivity index (χ4v) is 6.29. The molecule has 1 amide bonds. The number of aliphatic hydroxyl groups excluding tert-OH is 2. The van der Waals surface area contributed by atoms with Crippen LogP contribution in [0.4, 0.5) is 0 Å². The van der Waals surface area contributed by atoms with Crippen LogP contribution < -0.4 is 5.32 Å². The van der Waals surface area contributed by atoms with Crippen molar-refractivity contribution >= 4 is 5.91 Å². The molecule has 0 aromatic heterocycles. The second kappa shape index (κ2) is 46.4. The van der Waals surface area contributed by atoms with Crippen LogP contribution in [0.1, 0.15) is 194 Å². The van der Waals surface area contributed by atoms with Gasteiger partial charge in [0.05, 0.1) is 18.8 Å². The van der Waals surface area contributed by atoms with Gasteiger partial charge in [0.2, 0.25) is 5.91 Å². The summed E-state index contributed by atoms with van der Waals surface area (Å²) in [4.78, 5) is 12.4. The van der Waals surface area contributed by atoms with Crippen molar-refractivity contribution in [2.45, 2.75) is 206 Å². The Labute approximate surface area is 346 Å². The number of unbranched alkanes of at least 4 members (excludes halogenated alkanes) is 15. The molecule has 4 heteroatoms. The Balaban J connectivity index is 3.67. The van der Waals surface area contributed by atoms with Crippen molar-refractivity contribution in [1.29, 1.82) is 0 Å². The summed E-state index contributed by atoms with van der Waals surface area (Å²) in [6.07, 6.45) is 70.3. The lowest BCUT2D eigenvalue weighted by Gasteiger charge is -2.22. The summed E-state index contributed by atoms with van der Waals surface area (Å²) in [6.45, 7) is 4.21. The van der Waals surface area contributed by atoms with Gasteiger partial charge in [-0.2, -0.15) is 0 Å². The van der Waals surface area contributed by atoms with Gasteiger partial charge in [0.15, 0.2) is 0 Å². The first kappa shape index (κ1) is 53.0. The topological polar surface area (TPSA) is 69.6 Å². The summed E-state index contributed by atoms with van der Waals surface area (Å²) < 4.78 is 0. The van der Waals surface area contributed by atoms with Crippen molar-refractivity contribution < 1.29 is 15.0 Å². The van der Waals surface area contributed by atoms with Crippen LogP contribution in [-0.2, 0) is 4.79 Å². The molecular formula is C52H87NO3. The van der Waals surface area contributed by atoms with Crippen molar-refractivity contribution in [2.75, 3.05) is 6.61 Å². The van der Waals surface area contributed by atoms with Gasteiger partial charge in [-0.15, -0.1) is 0 Å². The zero-order valence-electron chi connectivity index (χ0n) is 36.4. The largest absolute Gasteiger partial charge is 0.394 e. The van der Waals surface area contributed by atoms with E-state index in [1.54, 1.807) is 0 Å². The van der Waals surface area contributed by atoms with E-state index in [1.165, 1.54) is 70.6 Å². The molecule has 4 nitrogen and oxygen atoms in total. The van der Waals surface area contributed by atoms with E-state index >= 15 is 0 Å². The molecule has 3 N–H and O–H groups in total. The summed E-state index contributed by atoms with van der Waals surface area (Å²) in [5, 5.41) is 23.1. The number of aliphatic hydroxyl groups is 2. The molecule has 0 aromatic carbocycles.